The van der Waals surface area contributed by atoms with E-state index in [0.717, 1.165) is 24.0 Å². The number of hydrogen-bond donors (Lipinski definition) is 1. The SMILES string of the molecule is COC[C@]1(CC(N)=O)CCCN1C(=O)Cc1ccccc1C. The maximum absolute atomic E-state index is 12.8. The number of carbonyl (C=O) groups is 2. The number of carbonyl (C=O) groups excluding carboxylic acids is 2. The summed E-state index contributed by atoms with van der Waals surface area (Å²) in [5.74, 6) is -0.363. The third-order valence-corrected chi connectivity index (χ3v) is 4.42. The second-order valence-electron chi connectivity index (χ2n) is 6.05. The van der Waals surface area contributed by atoms with E-state index in [1.165, 1.54) is 0 Å². The predicted molar refractivity (Wildman–Crippen MR) is 84.2 cm³/mol. The van der Waals surface area contributed by atoms with Gasteiger partial charge >= 0.3 is 0 Å². The van der Waals surface area contributed by atoms with Gasteiger partial charge in [-0.3, -0.25) is 9.59 Å². The van der Waals surface area contributed by atoms with Crippen LogP contribution in [0.15, 0.2) is 24.3 Å². The summed E-state index contributed by atoms with van der Waals surface area (Å²) in [6.45, 7) is 3.00. The van der Waals surface area contributed by atoms with Gasteiger partial charge in [0.1, 0.15) is 0 Å². The number of nitrogens with zero attached hydrogens (tertiary/aromatic N) is 1. The van der Waals surface area contributed by atoms with Crippen LogP contribution >= 0.6 is 0 Å². The Bertz CT molecular complexity index is 559. The molecule has 0 aromatic heterocycles. The van der Waals surface area contributed by atoms with E-state index >= 15 is 0 Å². The van der Waals surface area contributed by atoms with Crippen molar-refractivity contribution < 1.29 is 14.3 Å². The average Bonchev–Trinajstić information content (AvgIpc) is 2.84. The highest BCUT2D eigenvalue weighted by Crippen LogP contribution is 2.33. The van der Waals surface area contributed by atoms with E-state index in [1.54, 1.807) is 12.0 Å². The van der Waals surface area contributed by atoms with E-state index < -0.39 is 11.4 Å². The van der Waals surface area contributed by atoms with Crippen LogP contribution in [0.2, 0.25) is 0 Å². The standard InChI is InChI=1S/C17H24N2O3/c1-13-6-3-4-7-14(13)10-16(21)19-9-5-8-17(19,12-22-2)11-15(18)20/h3-4,6-7H,5,8-12H2,1-2H3,(H2,18,20)/t17-/m1/s1. The fourth-order valence-electron chi connectivity index (χ4n) is 3.37. The Kier molecular flexibility index (Phi) is 5.19. The molecule has 1 heterocycles. The Morgan fingerprint density at radius 3 is 2.73 bits per heavy atom. The predicted octanol–water partition coefficient (Wildman–Crippen LogP) is 1.42. The lowest BCUT2D eigenvalue weighted by atomic mass is 9.91. The Balaban J connectivity index is 2.19. The van der Waals surface area contributed by atoms with Crippen LogP contribution in [0, 0.1) is 6.92 Å². The zero-order valence-corrected chi connectivity index (χ0v) is 13.3. The van der Waals surface area contributed by atoms with Gasteiger partial charge in [-0.25, -0.2) is 0 Å². The maximum Gasteiger partial charge on any atom is 0.227 e. The molecule has 1 fully saturated rings. The Labute approximate surface area is 131 Å². The molecule has 0 unspecified atom stereocenters. The first-order valence-corrected chi connectivity index (χ1v) is 7.61. The van der Waals surface area contributed by atoms with Crippen molar-refractivity contribution in [1.82, 2.24) is 4.90 Å². The maximum atomic E-state index is 12.8. The molecule has 1 aromatic rings. The zero-order chi connectivity index (χ0) is 16.2. The van der Waals surface area contributed by atoms with Crippen LogP contribution in [0.4, 0.5) is 0 Å². The average molecular weight is 304 g/mol. The molecule has 0 bridgehead atoms. The van der Waals surface area contributed by atoms with Gasteiger partial charge in [-0.15, -0.1) is 0 Å². The van der Waals surface area contributed by atoms with Gasteiger partial charge in [0.05, 0.1) is 25.0 Å². The molecule has 1 aromatic carbocycles. The van der Waals surface area contributed by atoms with Gasteiger partial charge in [0, 0.05) is 13.7 Å². The largest absolute Gasteiger partial charge is 0.382 e. The minimum atomic E-state index is -0.583. The topological polar surface area (TPSA) is 72.6 Å². The quantitative estimate of drug-likeness (QED) is 0.864. The van der Waals surface area contributed by atoms with Crippen LogP contribution in [0.1, 0.15) is 30.4 Å². The summed E-state index contributed by atoms with van der Waals surface area (Å²) < 4.78 is 5.28. The molecule has 1 saturated heterocycles. The highest BCUT2D eigenvalue weighted by molar-refractivity contribution is 5.82. The van der Waals surface area contributed by atoms with Crippen molar-refractivity contribution in [2.45, 2.75) is 38.1 Å². The van der Waals surface area contributed by atoms with Crippen LogP contribution in [0.3, 0.4) is 0 Å². The molecular weight excluding hydrogens is 280 g/mol. The number of methoxy groups -OCH3 is 1. The van der Waals surface area contributed by atoms with Crippen molar-refractivity contribution in [1.29, 1.82) is 0 Å². The van der Waals surface area contributed by atoms with Crippen molar-refractivity contribution >= 4 is 11.8 Å². The molecule has 1 aliphatic heterocycles. The molecule has 1 atom stereocenters. The van der Waals surface area contributed by atoms with E-state index in [4.69, 9.17) is 10.5 Å². The fraction of sp³-hybridized carbons (Fsp3) is 0.529. The van der Waals surface area contributed by atoms with Gasteiger partial charge < -0.3 is 15.4 Å². The number of benzene rings is 1. The number of hydrogen-bond acceptors (Lipinski definition) is 3. The van der Waals surface area contributed by atoms with Crippen LogP contribution in [0.25, 0.3) is 0 Å². The molecule has 0 spiro atoms. The minimum Gasteiger partial charge on any atom is -0.382 e. The molecule has 0 saturated carbocycles. The monoisotopic (exact) mass is 304 g/mol. The molecule has 22 heavy (non-hydrogen) atoms. The van der Waals surface area contributed by atoms with Gasteiger partial charge in [-0.05, 0) is 30.9 Å². The number of nitrogens with two attached hydrogens (primary N) is 1. The van der Waals surface area contributed by atoms with Crippen molar-refractivity contribution in [3.63, 3.8) is 0 Å². The van der Waals surface area contributed by atoms with Gasteiger partial charge in [-0.2, -0.15) is 0 Å². The van der Waals surface area contributed by atoms with E-state index in [9.17, 15) is 9.59 Å². The lowest BCUT2D eigenvalue weighted by Crippen LogP contribution is -2.53. The number of ether oxygens (including phenoxy) is 1. The smallest absolute Gasteiger partial charge is 0.227 e. The molecule has 5 heteroatoms. The lowest BCUT2D eigenvalue weighted by Gasteiger charge is -2.37. The van der Waals surface area contributed by atoms with Gasteiger partial charge in [0.25, 0.3) is 0 Å². The second-order valence-corrected chi connectivity index (χ2v) is 6.05. The third-order valence-electron chi connectivity index (χ3n) is 4.42. The van der Waals surface area contributed by atoms with Gasteiger partial charge in [-0.1, -0.05) is 24.3 Å². The van der Waals surface area contributed by atoms with Gasteiger partial charge in [0.15, 0.2) is 0 Å². The molecule has 2 amide bonds. The summed E-state index contributed by atoms with van der Waals surface area (Å²) >= 11 is 0. The molecule has 5 nitrogen and oxygen atoms in total. The van der Waals surface area contributed by atoms with E-state index in [0.29, 0.717) is 19.6 Å². The number of rotatable bonds is 6. The fourth-order valence-corrected chi connectivity index (χ4v) is 3.37. The Morgan fingerprint density at radius 2 is 2.09 bits per heavy atom. The molecule has 2 N–H and O–H groups in total. The third kappa shape index (κ3) is 3.47. The first-order chi connectivity index (χ1) is 10.5. The van der Waals surface area contributed by atoms with Crippen molar-refractivity contribution in [2.24, 2.45) is 5.73 Å². The molecule has 1 aliphatic rings. The van der Waals surface area contributed by atoms with Crippen LogP contribution in [0.5, 0.6) is 0 Å². The highest BCUT2D eigenvalue weighted by Gasteiger charge is 2.44. The Morgan fingerprint density at radius 1 is 1.36 bits per heavy atom. The van der Waals surface area contributed by atoms with Gasteiger partial charge in [0.2, 0.25) is 11.8 Å². The number of primary amides is 1. The van der Waals surface area contributed by atoms with E-state index in [-0.39, 0.29) is 12.3 Å². The van der Waals surface area contributed by atoms with E-state index in [2.05, 4.69) is 0 Å². The number of aryl methyl sites for hydroxylation is 1. The van der Waals surface area contributed by atoms with E-state index in [1.807, 2.05) is 31.2 Å². The second kappa shape index (κ2) is 6.92. The van der Waals surface area contributed by atoms with Crippen molar-refractivity contribution in [3.8, 4) is 0 Å². The lowest BCUT2D eigenvalue weighted by molar-refractivity contribution is -0.138. The summed E-state index contributed by atoms with van der Waals surface area (Å²) in [5, 5.41) is 0. The number of amides is 2. The summed E-state index contributed by atoms with van der Waals surface area (Å²) in [6.07, 6.45) is 2.12. The molecule has 2 rings (SSSR count). The summed E-state index contributed by atoms with van der Waals surface area (Å²) in [7, 11) is 1.59. The molecule has 0 aliphatic carbocycles. The van der Waals surface area contributed by atoms with Crippen molar-refractivity contribution in [2.75, 3.05) is 20.3 Å². The molecule has 120 valence electrons. The zero-order valence-electron chi connectivity index (χ0n) is 13.3. The first-order valence-electron chi connectivity index (χ1n) is 7.61. The van der Waals surface area contributed by atoms with Crippen LogP contribution < -0.4 is 5.73 Å². The van der Waals surface area contributed by atoms with Crippen molar-refractivity contribution in [3.05, 3.63) is 35.4 Å². The molecular formula is C17H24N2O3. The Hall–Kier alpha value is -1.88. The first kappa shape index (κ1) is 16.5. The van der Waals surface area contributed by atoms with Crippen LogP contribution in [-0.2, 0) is 20.7 Å². The number of likely N-dealkylation sites (tertiary alicyclic amines) is 1. The normalized spacial score (nSPS) is 21.1. The molecule has 0 radical (unpaired) electrons. The summed E-state index contributed by atoms with van der Waals surface area (Å²) in [4.78, 5) is 26.0. The van der Waals surface area contributed by atoms with Crippen LogP contribution in [-0.4, -0.2) is 42.5 Å². The highest BCUT2D eigenvalue weighted by atomic mass is 16.5. The minimum absolute atomic E-state index is 0.0325. The summed E-state index contributed by atoms with van der Waals surface area (Å²) in [5.41, 5.74) is 6.93. The summed E-state index contributed by atoms with van der Waals surface area (Å²) in [6, 6.07) is 7.86.